The third-order valence-corrected chi connectivity index (χ3v) is 2.98. The summed E-state index contributed by atoms with van der Waals surface area (Å²) in [5, 5.41) is 12.1. The van der Waals surface area contributed by atoms with Crippen LogP contribution in [-0.2, 0) is 0 Å². The van der Waals surface area contributed by atoms with E-state index in [4.69, 9.17) is 9.84 Å². The molecule has 0 spiro atoms. The first-order valence-corrected chi connectivity index (χ1v) is 7.06. The summed E-state index contributed by atoms with van der Waals surface area (Å²) in [6.45, 7) is 1.19. The van der Waals surface area contributed by atoms with Crippen LogP contribution in [0.2, 0.25) is 0 Å². The van der Waals surface area contributed by atoms with E-state index in [-0.39, 0.29) is 6.61 Å². The number of hydrogen-bond donors (Lipinski definition) is 2. The van der Waals surface area contributed by atoms with Crippen molar-refractivity contribution in [3.05, 3.63) is 54.6 Å². The summed E-state index contributed by atoms with van der Waals surface area (Å²) in [4.78, 5) is 0. The molecule has 2 N–H and O–H groups in total. The number of rotatable bonds is 8. The van der Waals surface area contributed by atoms with Gasteiger partial charge in [0.2, 0.25) is 0 Å². The fourth-order valence-electron chi connectivity index (χ4n) is 1.94. The molecule has 20 heavy (non-hydrogen) atoms. The van der Waals surface area contributed by atoms with E-state index in [9.17, 15) is 0 Å². The number of para-hydroxylation sites is 1. The molecule has 0 radical (unpaired) electrons. The van der Waals surface area contributed by atoms with Gasteiger partial charge in [-0.05, 0) is 43.5 Å². The van der Waals surface area contributed by atoms with Crippen molar-refractivity contribution in [2.45, 2.75) is 19.3 Å². The Kier molecular flexibility index (Phi) is 5.93. The van der Waals surface area contributed by atoms with Crippen LogP contribution in [0.5, 0.6) is 11.5 Å². The fraction of sp³-hybridized carbons (Fsp3) is 0.294. The lowest BCUT2D eigenvalue weighted by molar-refractivity contribution is 0.283. The van der Waals surface area contributed by atoms with Gasteiger partial charge in [-0.1, -0.05) is 24.3 Å². The van der Waals surface area contributed by atoms with E-state index in [0.717, 1.165) is 43.0 Å². The van der Waals surface area contributed by atoms with Gasteiger partial charge in [0.05, 0.1) is 0 Å². The lowest BCUT2D eigenvalue weighted by Crippen LogP contribution is -2.01. The molecule has 106 valence electrons. The summed E-state index contributed by atoms with van der Waals surface area (Å²) in [6.07, 6.45) is 2.98. The molecular formula is C17H21NO2. The molecule has 0 aromatic heterocycles. The Labute approximate surface area is 120 Å². The van der Waals surface area contributed by atoms with E-state index in [1.807, 2.05) is 54.6 Å². The summed E-state index contributed by atoms with van der Waals surface area (Å²) in [5.41, 5.74) is 1.06. The minimum Gasteiger partial charge on any atom is -0.457 e. The number of unbranched alkanes of at least 4 members (excludes halogenated alkanes) is 2. The molecule has 0 aliphatic heterocycles. The second kappa shape index (κ2) is 8.23. The second-order valence-corrected chi connectivity index (χ2v) is 4.65. The van der Waals surface area contributed by atoms with Crippen LogP contribution in [-0.4, -0.2) is 18.3 Å². The Hall–Kier alpha value is -2.00. The number of anilines is 1. The molecule has 0 aliphatic carbocycles. The van der Waals surface area contributed by atoms with Gasteiger partial charge in [-0.25, -0.2) is 0 Å². The van der Waals surface area contributed by atoms with Crippen LogP contribution in [0, 0.1) is 0 Å². The molecule has 0 fully saturated rings. The first kappa shape index (κ1) is 14.4. The van der Waals surface area contributed by atoms with Crippen LogP contribution >= 0.6 is 0 Å². The van der Waals surface area contributed by atoms with Crippen molar-refractivity contribution in [1.29, 1.82) is 0 Å². The van der Waals surface area contributed by atoms with Crippen molar-refractivity contribution in [2.24, 2.45) is 0 Å². The highest BCUT2D eigenvalue weighted by molar-refractivity contribution is 5.49. The zero-order chi connectivity index (χ0) is 14.0. The summed E-state index contributed by atoms with van der Waals surface area (Å²) in [7, 11) is 0. The zero-order valence-corrected chi connectivity index (χ0v) is 11.6. The van der Waals surface area contributed by atoms with Crippen molar-refractivity contribution in [3.8, 4) is 11.5 Å². The number of benzene rings is 2. The lowest BCUT2D eigenvalue weighted by Gasteiger charge is -2.09. The van der Waals surface area contributed by atoms with Crippen LogP contribution in [0.25, 0.3) is 0 Å². The monoisotopic (exact) mass is 271 g/mol. The molecule has 3 nitrogen and oxygen atoms in total. The summed E-state index contributed by atoms with van der Waals surface area (Å²) >= 11 is 0. The van der Waals surface area contributed by atoms with Crippen molar-refractivity contribution in [2.75, 3.05) is 18.5 Å². The fourth-order valence-corrected chi connectivity index (χ4v) is 1.94. The number of hydrogen-bond acceptors (Lipinski definition) is 3. The van der Waals surface area contributed by atoms with E-state index in [1.54, 1.807) is 0 Å². The number of aliphatic hydroxyl groups is 1. The molecule has 2 rings (SSSR count). The van der Waals surface area contributed by atoms with Gasteiger partial charge in [0.15, 0.2) is 0 Å². The van der Waals surface area contributed by atoms with Gasteiger partial charge in [-0.2, -0.15) is 0 Å². The number of aliphatic hydroxyl groups excluding tert-OH is 1. The third-order valence-electron chi connectivity index (χ3n) is 2.98. The highest BCUT2D eigenvalue weighted by Gasteiger charge is 1.98. The van der Waals surface area contributed by atoms with Gasteiger partial charge in [0.25, 0.3) is 0 Å². The van der Waals surface area contributed by atoms with E-state index >= 15 is 0 Å². The quantitative estimate of drug-likeness (QED) is 0.712. The maximum absolute atomic E-state index is 8.72. The SMILES string of the molecule is OCCCCCNc1cccc(Oc2ccccc2)c1. The lowest BCUT2D eigenvalue weighted by atomic mass is 10.2. The van der Waals surface area contributed by atoms with Gasteiger partial charge >= 0.3 is 0 Å². The predicted molar refractivity (Wildman–Crippen MR) is 82.4 cm³/mol. The third kappa shape index (κ3) is 4.94. The predicted octanol–water partition coefficient (Wildman–Crippen LogP) is 4.05. The van der Waals surface area contributed by atoms with Gasteiger partial charge in [-0.3, -0.25) is 0 Å². The van der Waals surface area contributed by atoms with Crippen LogP contribution in [0.15, 0.2) is 54.6 Å². The van der Waals surface area contributed by atoms with Gasteiger partial charge in [0, 0.05) is 24.9 Å². The van der Waals surface area contributed by atoms with Gasteiger partial charge in [0.1, 0.15) is 11.5 Å². The summed E-state index contributed by atoms with van der Waals surface area (Å²) in [5.74, 6) is 1.67. The van der Waals surface area contributed by atoms with E-state index in [0.29, 0.717) is 0 Å². The summed E-state index contributed by atoms with van der Waals surface area (Å²) < 4.78 is 5.79. The Balaban J connectivity index is 1.84. The van der Waals surface area contributed by atoms with E-state index in [2.05, 4.69) is 5.32 Å². The van der Waals surface area contributed by atoms with Gasteiger partial charge in [-0.15, -0.1) is 0 Å². The highest BCUT2D eigenvalue weighted by atomic mass is 16.5. The van der Waals surface area contributed by atoms with Crippen LogP contribution in [0.1, 0.15) is 19.3 Å². The van der Waals surface area contributed by atoms with Crippen molar-refractivity contribution >= 4 is 5.69 Å². The number of ether oxygens (including phenoxy) is 1. The minimum absolute atomic E-state index is 0.278. The van der Waals surface area contributed by atoms with E-state index < -0.39 is 0 Å². The van der Waals surface area contributed by atoms with Crippen LogP contribution in [0.4, 0.5) is 5.69 Å². The minimum atomic E-state index is 0.278. The standard InChI is InChI=1S/C17H21NO2/c19-13-6-2-5-12-18-15-8-7-11-17(14-15)20-16-9-3-1-4-10-16/h1,3-4,7-11,14,18-19H,2,5-6,12-13H2. The molecule has 0 saturated heterocycles. The Bertz CT molecular complexity index is 499. The van der Waals surface area contributed by atoms with Crippen LogP contribution < -0.4 is 10.1 Å². The van der Waals surface area contributed by atoms with E-state index in [1.165, 1.54) is 0 Å². The average molecular weight is 271 g/mol. The summed E-state index contributed by atoms with van der Waals surface area (Å²) in [6, 6.07) is 17.7. The Morgan fingerprint density at radius 3 is 2.45 bits per heavy atom. The second-order valence-electron chi connectivity index (χ2n) is 4.65. The maximum atomic E-state index is 8.72. The smallest absolute Gasteiger partial charge is 0.129 e. The normalized spacial score (nSPS) is 10.2. The molecule has 0 aliphatic rings. The number of nitrogens with one attached hydrogen (secondary N) is 1. The molecule has 0 amide bonds. The van der Waals surface area contributed by atoms with Crippen molar-refractivity contribution in [1.82, 2.24) is 0 Å². The first-order chi connectivity index (χ1) is 9.88. The maximum Gasteiger partial charge on any atom is 0.129 e. The molecule has 0 heterocycles. The van der Waals surface area contributed by atoms with Crippen molar-refractivity contribution in [3.63, 3.8) is 0 Å². The zero-order valence-electron chi connectivity index (χ0n) is 11.6. The Morgan fingerprint density at radius 2 is 1.65 bits per heavy atom. The molecule has 2 aromatic rings. The van der Waals surface area contributed by atoms with Crippen LogP contribution in [0.3, 0.4) is 0 Å². The topological polar surface area (TPSA) is 41.5 Å². The molecule has 3 heteroatoms. The molecule has 0 unspecified atom stereocenters. The highest BCUT2D eigenvalue weighted by Crippen LogP contribution is 2.23. The average Bonchev–Trinajstić information content (AvgIpc) is 2.48. The molecule has 0 saturated carbocycles. The largest absolute Gasteiger partial charge is 0.457 e. The molecule has 2 aromatic carbocycles. The molecular weight excluding hydrogens is 250 g/mol. The Morgan fingerprint density at radius 1 is 0.850 bits per heavy atom. The van der Waals surface area contributed by atoms with Crippen molar-refractivity contribution < 1.29 is 9.84 Å². The first-order valence-electron chi connectivity index (χ1n) is 7.06. The molecule has 0 atom stereocenters. The van der Waals surface area contributed by atoms with Gasteiger partial charge < -0.3 is 15.2 Å². The molecule has 0 bridgehead atoms.